The molecule has 122 valence electrons. The monoisotopic (exact) mass is 363 g/mol. The first-order valence-electron chi connectivity index (χ1n) is 7.23. The van der Waals surface area contributed by atoms with Crippen molar-refractivity contribution in [2.75, 3.05) is 13.1 Å². The smallest absolute Gasteiger partial charge is 0.255 e. The van der Waals surface area contributed by atoms with Crippen molar-refractivity contribution in [3.63, 3.8) is 0 Å². The zero-order valence-electron chi connectivity index (χ0n) is 12.3. The number of thiophene rings is 1. The second-order valence-corrected chi connectivity index (χ2v) is 6.82. The van der Waals surface area contributed by atoms with Crippen molar-refractivity contribution in [3.05, 3.63) is 58.0 Å². The highest BCUT2D eigenvalue weighted by Gasteiger charge is 2.36. The summed E-state index contributed by atoms with van der Waals surface area (Å²) in [6.45, 7) is 0.942. The Morgan fingerprint density at radius 2 is 2.21 bits per heavy atom. The maximum Gasteiger partial charge on any atom is 0.255 e. The van der Waals surface area contributed by atoms with Gasteiger partial charge in [-0.05, 0) is 29.6 Å². The van der Waals surface area contributed by atoms with E-state index in [0.29, 0.717) is 30.4 Å². The standard InChI is InChI=1S/C16H11ClFN3O2S/c17-12-6-10(18)3-4-11(12)16(22)21-7-9(8-21)15-19-14(20-23-15)13-2-1-5-24-13/h1-6,9H,7-8H2. The van der Waals surface area contributed by atoms with Crippen LogP contribution in [0, 0.1) is 5.82 Å². The predicted molar refractivity (Wildman–Crippen MR) is 87.7 cm³/mol. The molecule has 5 nitrogen and oxygen atoms in total. The molecule has 1 amide bonds. The number of aromatic nitrogens is 2. The Bertz CT molecular complexity index is 891. The number of nitrogens with zero attached hydrogens (tertiary/aromatic N) is 3. The fourth-order valence-electron chi connectivity index (χ4n) is 2.54. The van der Waals surface area contributed by atoms with E-state index in [1.807, 2.05) is 17.5 Å². The summed E-state index contributed by atoms with van der Waals surface area (Å²) in [5, 5.41) is 6.03. The van der Waals surface area contributed by atoms with Crippen LogP contribution < -0.4 is 0 Å². The van der Waals surface area contributed by atoms with Crippen LogP contribution in [0.5, 0.6) is 0 Å². The first-order valence-corrected chi connectivity index (χ1v) is 8.49. The van der Waals surface area contributed by atoms with Gasteiger partial charge in [-0.2, -0.15) is 4.98 Å². The van der Waals surface area contributed by atoms with Crippen LogP contribution in [0.4, 0.5) is 4.39 Å². The highest BCUT2D eigenvalue weighted by molar-refractivity contribution is 7.13. The molecule has 0 unspecified atom stereocenters. The van der Waals surface area contributed by atoms with Crippen molar-refractivity contribution in [3.8, 4) is 10.7 Å². The van der Waals surface area contributed by atoms with Crippen LogP contribution >= 0.6 is 22.9 Å². The summed E-state index contributed by atoms with van der Waals surface area (Å²) in [5.74, 6) is 0.396. The molecule has 1 aliphatic rings. The van der Waals surface area contributed by atoms with Crippen LogP contribution in [0.1, 0.15) is 22.2 Å². The summed E-state index contributed by atoms with van der Waals surface area (Å²) in [5.41, 5.74) is 0.293. The van der Waals surface area contributed by atoms with Gasteiger partial charge >= 0.3 is 0 Å². The van der Waals surface area contributed by atoms with Gasteiger partial charge in [0, 0.05) is 13.1 Å². The lowest BCUT2D eigenvalue weighted by Crippen LogP contribution is -2.48. The van der Waals surface area contributed by atoms with E-state index in [1.165, 1.54) is 23.5 Å². The van der Waals surface area contributed by atoms with Gasteiger partial charge in [-0.25, -0.2) is 4.39 Å². The summed E-state index contributed by atoms with van der Waals surface area (Å²) in [4.78, 5) is 19.3. The van der Waals surface area contributed by atoms with Gasteiger partial charge in [0.15, 0.2) is 0 Å². The number of hydrogen-bond acceptors (Lipinski definition) is 5. The molecule has 0 spiro atoms. The Balaban J connectivity index is 1.44. The molecule has 1 saturated heterocycles. The van der Waals surface area contributed by atoms with E-state index < -0.39 is 5.82 Å². The first kappa shape index (κ1) is 15.3. The molecule has 0 N–H and O–H groups in total. The molecule has 3 aromatic rings. The minimum Gasteiger partial charge on any atom is -0.339 e. The van der Waals surface area contributed by atoms with E-state index in [-0.39, 0.29) is 16.8 Å². The van der Waals surface area contributed by atoms with Crippen molar-refractivity contribution < 1.29 is 13.7 Å². The Morgan fingerprint density at radius 3 is 2.92 bits per heavy atom. The van der Waals surface area contributed by atoms with E-state index in [9.17, 15) is 9.18 Å². The molecule has 0 bridgehead atoms. The maximum atomic E-state index is 13.1. The molecule has 1 fully saturated rings. The predicted octanol–water partition coefficient (Wildman–Crippen LogP) is 3.83. The lowest BCUT2D eigenvalue weighted by Gasteiger charge is -2.37. The van der Waals surface area contributed by atoms with Crippen LogP contribution in [0.2, 0.25) is 5.02 Å². The fraction of sp³-hybridized carbons (Fsp3) is 0.188. The van der Waals surface area contributed by atoms with Crippen molar-refractivity contribution in [1.82, 2.24) is 15.0 Å². The molecule has 1 aromatic carbocycles. The lowest BCUT2D eigenvalue weighted by molar-refractivity contribution is 0.0569. The number of likely N-dealkylation sites (tertiary alicyclic amines) is 1. The zero-order chi connectivity index (χ0) is 16.7. The zero-order valence-corrected chi connectivity index (χ0v) is 13.9. The van der Waals surface area contributed by atoms with Gasteiger partial charge < -0.3 is 9.42 Å². The normalized spacial score (nSPS) is 14.7. The minimum atomic E-state index is -0.468. The van der Waals surface area contributed by atoms with Gasteiger partial charge in [0.2, 0.25) is 11.7 Å². The van der Waals surface area contributed by atoms with E-state index in [4.69, 9.17) is 16.1 Å². The molecular weight excluding hydrogens is 353 g/mol. The number of hydrogen-bond donors (Lipinski definition) is 0. The molecule has 8 heteroatoms. The van der Waals surface area contributed by atoms with Gasteiger partial charge in [-0.15, -0.1) is 11.3 Å². The molecule has 2 aromatic heterocycles. The van der Waals surface area contributed by atoms with Crippen LogP contribution in [-0.4, -0.2) is 34.0 Å². The third-order valence-corrected chi connectivity index (χ3v) is 5.04. The van der Waals surface area contributed by atoms with Crippen molar-refractivity contribution >= 4 is 28.8 Å². The number of amides is 1. The second kappa shape index (κ2) is 5.99. The molecule has 4 rings (SSSR count). The highest BCUT2D eigenvalue weighted by atomic mass is 35.5. The molecule has 24 heavy (non-hydrogen) atoms. The molecule has 0 radical (unpaired) electrons. The number of carbonyl (C=O) groups excluding carboxylic acids is 1. The molecule has 1 aliphatic heterocycles. The van der Waals surface area contributed by atoms with E-state index >= 15 is 0 Å². The summed E-state index contributed by atoms with van der Waals surface area (Å²) in [6.07, 6.45) is 0. The summed E-state index contributed by atoms with van der Waals surface area (Å²) >= 11 is 7.47. The maximum absolute atomic E-state index is 13.1. The second-order valence-electron chi connectivity index (χ2n) is 5.46. The molecule has 3 heterocycles. The fourth-order valence-corrected chi connectivity index (χ4v) is 3.44. The minimum absolute atomic E-state index is 0.00869. The van der Waals surface area contributed by atoms with Crippen LogP contribution in [-0.2, 0) is 0 Å². The van der Waals surface area contributed by atoms with Crippen molar-refractivity contribution in [2.24, 2.45) is 0 Å². The molecule has 0 saturated carbocycles. The third-order valence-electron chi connectivity index (χ3n) is 3.86. The average Bonchev–Trinajstić information content (AvgIpc) is 3.16. The van der Waals surface area contributed by atoms with Gasteiger partial charge in [-0.1, -0.05) is 22.8 Å². The van der Waals surface area contributed by atoms with Crippen molar-refractivity contribution in [1.29, 1.82) is 0 Å². The Kier molecular flexibility index (Phi) is 3.82. The largest absolute Gasteiger partial charge is 0.339 e. The molecule has 0 aliphatic carbocycles. The van der Waals surface area contributed by atoms with Gasteiger partial charge in [0.1, 0.15) is 5.82 Å². The van der Waals surface area contributed by atoms with Crippen molar-refractivity contribution in [2.45, 2.75) is 5.92 Å². The number of carbonyl (C=O) groups is 1. The third kappa shape index (κ3) is 2.70. The molecular formula is C16H11ClFN3O2S. The first-order chi connectivity index (χ1) is 11.6. The van der Waals surface area contributed by atoms with E-state index in [1.54, 1.807) is 4.90 Å². The van der Waals surface area contributed by atoms with Gasteiger partial charge in [0.05, 0.1) is 21.4 Å². The number of rotatable bonds is 3. The Morgan fingerprint density at radius 1 is 1.38 bits per heavy atom. The lowest BCUT2D eigenvalue weighted by atomic mass is 9.98. The average molecular weight is 364 g/mol. The summed E-state index contributed by atoms with van der Waals surface area (Å²) in [6, 6.07) is 7.60. The number of halogens is 2. The van der Waals surface area contributed by atoms with Gasteiger partial charge in [-0.3, -0.25) is 4.79 Å². The summed E-state index contributed by atoms with van der Waals surface area (Å²) in [7, 11) is 0. The van der Waals surface area contributed by atoms with Crippen LogP contribution in [0.3, 0.4) is 0 Å². The van der Waals surface area contributed by atoms with E-state index in [2.05, 4.69) is 10.1 Å². The Hall–Kier alpha value is -2.25. The topological polar surface area (TPSA) is 59.2 Å². The van der Waals surface area contributed by atoms with Gasteiger partial charge in [0.25, 0.3) is 5.91 Å². The summed E-state index contributed by atoms with van der Waals surface area (Å²) < 4.78 is 18.4. The van der Waals surface area contributed by atoms with Crippen LogP contribution in [0.15, 0.2) is 40.2 Å². The molecule has 0 atom stereocenters. The van der Waals surface area contributed by atoms with Crippen LogP contribution in [0.25, 0.3) is 10.7 Å². The number of benzene rings is 1. The highest BCUT2D eigenvalue weighted by Crippen LogP contribution is 2.31. The van der Waals surface area contributed by atoms with E-state index in [0.717, 1.165) is 10.9 Å². The quantitative estimate of drug-likeness (QED) is 0.709. The SMILES string of the molecule is O=C(c1ccc(F)cc1Cl)N1CC(c2nc(-c3cccs3)no2)C1. The Labute approximate surface area is 145 Å².